The lowest BCUT2D eigenvalue weighted by atomic mass is 10.0. The third-order valence-corrected chi connectivity index (χ3v) is 5.48. The Morgan fingerprint density at radius 3 is 2.96 bits per heavy atom. The third kappa shape index (κ3) is 3.16. The van der Waals surface area contributed by atoms with Gasteiger partial charge in [0.15, 0.2) is 5.11 Å². The smallest absolute Gasteiger partial charge is 0.170 e. The number of aromatic nitrogens is 2. The first-order chi connectivity index (χ1) is 12.3. The molecule has 0 radical (unpaired) electrons. The van der Waals surface area contributed by atoms with E-state index >= 15 is 0 Å². The Balaban J connectivity index is 1.70. The number of ether oxygens (including phenoxy) is 1. The maximum atomic E-state index is 5.87. The van der Waals surface area contributed by atoms with Crippen LogP contribution in [0.15, 0.2) is 42.7 Å². The first kappa shape index (κ1) is 16.5. The van der Waals surface area contributed by atoms with Crippen LogP contribution in [0.25, 0.3) is 0 Å². The Bertz CT molecular complexity index is 726. The van der Waals surface area contributed by atoms with Gasteiger partial charge in [-0.15, -0.1) is 0 Å². The largest absolute Gasteiger partial charge is 0.376 e. The predicted molar refractivity (Wildman–Crippen MR) is 101 cm³/mol. The van der Waals surface area contributed by atoms with Crippen LogP contribution < -0.4 is 5.32 Å². The lowest BCUT2D eigenvalue weighted by Crippen LogP contribution is -2.36. The van der Waals surface area contributed by atoms with Crippen LogP contribution in [-0.4, -0.2) is 38.8 Å². The molecule has 2 aromatic rings. The van der Waals surface area contributed by atoms with E-state index < -0.39 is 0 Å². The third-order valence-electron chi connectivity index (χ3n) is 5.13. The van der Waals surface area contributed by atoms with Gasteiger partial charge in [0.05, 0.1) is 23.9 Å². The minimum absolute atomic E-state index is 0.0512. The Morgan fingerprint density at radius 2 is 2.24 bits per heavy atom. The normalized spacial score (nSPS) is 26.2. The van der Waals surface area contributed by atoms with Crippen LogP contribution in [0.4, 0.5) is 0 Å². The zero-order chi connectivity index (χ0) is 17.2. The average Bonchev–Trinajstić information content (AvgIpc) is 3.37. The van der Waals surface area contributed by atoms with Gasteiger partial charge in [-0.3, -0.25) is 4.98 Å². The average molecular weight is 356 g/mol. The van der Waals surface area contributed by atoms with Crippen molar-refractivity contribution in [1.29, 1.82) is 0 Å². The lowest BCUT2D eigenvalue weighted by molar-refractivity contribution is 0.0834. The first-order valence-electron chi connectivity index (χ1n) is 9.02. The van der Waals surface area contributed by atoms with Crippen molar-refractivity contribution in [2.75, 3.05) is 13.2 Å². The number of nitrogens with one attached hydrogen (secondary N) is 1. The fourth-order valence-electron chi connectivity index (χ4n) is 3.92. The second-order valence-corrected chi connectivity index (χ2v) is 7.02. The molecule has 25 heavy (non-hydrogen) atoms. The molecule has 0 aliphatic carbocycles. The summed E-state index contributed by atoms with van der Waals surface area (Å²) in [6.07, 6.45) is 6.48. The number of rotatable bonds is 5. The van der Waals surface area contributed by atoms with Gasteiger partial charge in [0.2, 0.25) is 0 Å². The van der Waals surface area contributed by atoms with Gasteiger partial charge in [-0.2, -0.15) is 0 Å². The molecule has 4 rings (SSSR count). The SMILES string of the molecule is CCn1cccc1C1C(c2ccccn2)NC(=S)N1CC1CCCO1. The Hall–Kier alpha value is -1.92. The monoisotopic (exact) mass is 356 g/mol. The highest BCUT2D eigenvalue weighted by Crippen LogP contribution is 2.39. The quantitative estimate of drug-likeness (QED) is 0.834. The van der Waals surface area contributed by atoms with Crippen molar-refractivity contribution in [2.24, 2.45) is 0 Å². The van der Waals surface area contributed by atoms with Gasteiger partial charge in [-0.25, -0.2) is 0 Å². The van der Waals surface area contributed by atoms with E-state index in [0.717, 1.165) is 43.3 Å². The molecule has 2 aliphatic heterocycles. The van der Waals surface area contributed by atoms with Crippen molar-refractivity contribution in [1.82, 2.24) is 19.8 Å². The first-order valence-corrected chi connectivity index (χ1v) is 9.43. The molecule has 3 atom stereocenters. The number of thiocarbonyl (C=S) groups is 1. The summed E-state index contributed by atoms with van der Waals surface area (Å²) in [5.74, 6) is 0. The highest BCUT2D eigenvalue weighted by molar-refractivity contribution is 7.80. The standard InChI is InChI=1S/C19H24N4OS/c1-2-22-11-5-9-16(22)18-17(15-8-3-4-10-20-15)21-19(25)23(18)13-14-7-6-12-24-14/h3-5,8-11,14,17-18H,2,6-7,12-13H2,1H3,(H,21,25). The molecule has 6 heteroatoms. The number of pyridine rings is 1. The van der Waals surface area contributed by atoms with E-state index in [2.05, 4.69) is 51.1 Å². The van der Waals surface area contributed by atoms with Crippen LogP contribution in [-0.2, 0) is 11.3 Å². The molecular formula is C19H24N4OS. The van der Waals surface area contributed by atoms with Crippen molar-refractivity contribution < 1.29 is 4.74 Å². The molecule has 0 spiro atoms. The van der Waals surface area contributed by atoms with Crippen molar-refractivity contribution in [3.63, 3.8) is 0 Å². The summed E-state index contributed by atoms with van der Waals surface area (Å²) in [5.41, 5.74) is 2.29. The molecular weight excluding hydrogens is 332 g/mol. The number of hydrogen-bond donors (Lipinski definition) is 1. The van der Waals surface area contributed by atoms with Gasteiger partial charge in [-0.1, -0.05) is 6.07 Å². The van der Waals surface area contributed by atoms with E-state index in [9.17, 15) is 0 Å². The molecule has 0 saturated carbocycles. The summed E-state index contributed by atoms with van der Waals surface area (Å²) in [4.78, 5) is 6.89. The zero-order valence-electron chi connectivity index (χ0n) is 14.5. The summed E-state index contributed by atoms with van der Waals surface area (Å²) in [5, 5.41) is 4.30. The van der Waals surface area contributed by atoms with E-state index in [1.807, 2.05) is 18.3 Å². The van der Waals surface area contributed by atoms with Crippen LogP contribution in [0.1, 0.15) is 43.2 Å². The highest BCUT2D eigenvalue weighted by atomic mass is 32.1. The summed E-state index contributed by atoms with van der Waals surface area (Å²) in [6.45, 7) is 4.80. The van der Waals surface area contributed by atoms with Gasteiger partial charge >= 0.3 is 0 Å². The molecule has 0 amide bonds. The van der Waals surface area contributed by atoms with Crippen LogP contribution in [0.2, 0.25) is 0 Å². The van der Waals surface area contributed by atoms with Crippen molar-refractivity contribution >= 4 is 17.3 Å². The molecule has 132 valence electrons. The number of aryl methyl sites for hydroxylation is 1. The summed E-state index contributed by atoms with van der Waals surface area (Å²) >= 11 is 5.70. The molecule has 2 fully saturated rings. The van der Waals surface area contributed by atoms with E-state index in [1.54, 1.807) is 0 Å². The summed E-state index contributed by atoms with van der Waals surface area (Å²) in [7, 11) is 0. The predicted octanol–water partition coefficient (Wildman–Crippen LogP) is 3.05. The summed E-state index contributed by atoms with van der Waals surface area (Å²) in [6, 6.07) is 10.5. The van der Waals surface area contributed by atoms with Gasteiger partial charge < -0.3 is 19.5 Å². The molecule has 0 bridgehead atoms. The van der Waals surface area contributed by atoms with Crippen molar-refractivity contribution in [3.8, 4) is 0 Å². The Kier molecular flexibility index (Phi) is 4.72. The maximum Gasteiger partial charge on any atom is 0.170 e. The molecule has 2 aliphatic rings. The van der Waals surface area contributed by atoms with E-state index in [0.29, 0.717) is 0 Å². The molecule has 1 N–H and O–H groups in total. The van der Waals surface area contributed by atoms with Crippen molar-refractivity contribution in [2.45, 2.75) is 44.5 Å². The minimum Gasteiger partial charge on any atom is -0.376 e. The summed E-state index contributed by atoms with van der Waals surface area (Å²) < 4.78 is 8.17. The Labute approximate surface area is 154 Å². The molecule has 3 unspecified atom stereocenters. The zero-order valence-corrected chi connectivity index (χ0v) is 15.3. The van der Waals surface area contributed by atoms with E-state index in [-0.39, 0.29) is 18.2 Å². The molecule has 5 nitrogen and oxygen atoms in total. The molecule has 2 saturated heterocycles. The second-order valence-electron chi connectivity index (χ2n) is 6.63. The van der Waals surface area contributed by atoms with Gasteiger partial charge in [0.25, 0.3) is 0 Å². The Morgan fingerprint density at radius 1 is 1.32 bits per heavy atom. The van der Waals surface area contributed by atoms with Crippen LogP contribution in [0.3, 0.4) is 0 Å². The van der Waals surface area contributed by atoms with Crippen molar-refractivity contribution in [3.05, 3.63) is 54.1 Å². The minimum atomic E-state index is 0.0512. The van der Waals surface area contributed by atoms with Gasteiger partial charge in [0, 0.05) is 37.8 Å². The number of nitrogens with zero attached hydrogens (tertiary/aromatic N) is 3. The van der Waals surface area contributed by atoms with Crippen LogP contribution in [0.5, 0.6) is 0 Å². The maximum absolute atomic E-state index is 5.87. The van der Waals surface area contributed by atoms with Gasteiger partial charge in [-0.05, 0) is 56.2 Å². The fraction of sp³-hybridized carbons (Fsp3) is 0.474. The van der Waals surface area contributed by atoms with Crippen LogP contribution in [0, 0.1) is 0 Å². The van der Waals surface area contributed by atoms with Gasteiger partial charge in [0.1, 0.15) is 0 Å². The topological polar surface area (TPSA) is 42.3 Å². The van der Waals surface area contributed by atoms with E-state index in [1.165, 1.54) is 5.69 Å². The molecule has 2 aromatic heterocycles. The molecule has 0 aromatic carbocycles. The fourth-order valence-corrected chi connectivity index (χ4v) is 4.23. The van der Waals surface area contributed by atoms with Crippen LogP contribution >= 0.6 is 12.2 Å². The molecule has 4 heterocycles. The second kappa shape index (κ2) is 7.14. The lowest BCUT2D eigenvalue weighted by Gasteiger charge is -2.30. The number of hydrogen-bond acceptors (Lipinski definition) is 3. The highest BCUT2D eigenvalue weighted by Gasteiger charge is 2.42. The van der Waals surface area contributed by atoms with E-state index in [4.69, 9.17) is 17.0 Å².